The molecule has 0 spiro atoms. The van der Waals surface area contributed by atoms with Crippen LogP contribution in [-0.2, 0) is 5.41 Å². The number of nitrogens with one attached hydrogen (secondary N) is 1. The van der Waals surface area contributed by atoms with Crippen molar-refractivity contribution in [3.63, 3.8) is 0 Å². The average molecular weight is 552 g/mol. The third-order valence-corrected chi connectivity index (χ3v) is 9.84. The zero-order valence-corrected chi connectivity index (χ0v) is 24.5. The first-order chi connectivity index (χ1) is 21.0. The van der Waals surface area contributed by atoms with E-state index >= 15 is 0 Å². The van der Waals surface area contributed by atoms with Gasteiger partial charge in [0.1, 0.15) is 0 Å². The van der Waals surface area contributed by atoms with Gasteiger partial charge >= 0.3 is 0 Å². The molecular formula is C39H30BN3. The minimum Gasteiger partial charge on any atom is -0.356 e. The van der Waals surface area contributed by atoms with Crippen LogP contribution in [0.15, 0.2) is 121 Å². The molecule has 0 aliphatic carbocycles. The number of aryl methyl sites for hydroxylation is 1. The van der Waals surface area contributed by atoms with Crippen LogP contribution in [0.3, 0.4) is 0 Å². The van der Waals surface area contributed by atoms with Crippen molar-refractivity contribution in [1.29, 1.82) is 0 Å². The van der Waals surface area contributed by atoms with Crippen molar-refractivity contribution in [3.05, 3.63) is 138 Å². The van der Waals surface area contributed by atoms with Gasteiger partial charge in [-0.2, -0.15) is 0 Å². The highest BCUT2D eigenvalue weighted by atomic mass is 15.2. The Balaban J connectivity index is 1.40. The Morgan fingerprint density at radius 2 is 1.44 bits per heavy atom. The van der Waals surface area contributed by atoms with Gasteiger partial charge in [-0.3, -0.25) is 4.98 Å². The Morgan fingerprint density at radius 1 is 0.698 bits per heavy atom. The number of pyridine rings is 1. The van der Waals surface area contributed by atoms with Crippen LogP contribution in [-0.4, -0.2) is 11.7 Å². The van der Waals surface area contributed by atoms with Gasteiger partial charge in [-0.05, 0) is 75.9 Å². The molecule has 43 heavy (non-hydrogen) atoms. The second-order valence-corrected chi connectivity index (χ2v) is 12.5. The fraction of sp³-hybridized carbons (Fsp3) is 0.103. The third-order valence-electron chi connectivity index (χ3n) is 9.84. The smallest absolute Gasteiger partial charge is 0.252 e. The summed E-state index contributed by atoms with van der Waals surface area (Å²) < 4.78 is 0. The minimum absolute atomic E-state index is 0.107. The van der Waals surface area contributed by atoms with Crippen molar-refractivity contribution >= 4 is 51.5 Å². The Hall–Kier alpha value is -5.09. The summed E-state index contributed by atoms with van der Waals surface area (Å²) in [5.41, 5.74) is 18.6. The van der Waals surface area contributed by atoms with Crippen LogP contribution in [0.4, 0.5) is 28.4 Å². The molecule has 4 heteroatoms. The van der Waals surface area contributed by atoms with Crippen LogP contribution in [0, 0.1) is 6.92 Å². The number of hydrogen-bond acceptors (Lipinski definition) is 3. The predicted molar refractivity (Wildman–Crippen MR) is 181 cm³/mol. The van der Waals surface area contributed by atoms with E-state index in [2.05, 4.69) is 140 Å². The Morgan fingerprint density at radius 3 is 2.30 bits per heavy atom. The van der Waals surface area contributed by atoms with Crippen molar-refractivity contribution in [2.24, 2.45) is 0 Å². The lowest BCUT2D eigenvalue weighted by molar-refractivity contribution is 0.632. The zero-order valence-electron chi connectivity index (χ0n) is 24.5. The van der Waals surface area contributed by atoms with Gasteiger partial charge in [0.05, 0.1) is 11.4 Å². The fourth-order valence-corrected chi connectivity index (χ4v) is 7.84. The van der Waals surface area contributed by atoms with Crippen LogP contribution in [0.5, 0.6) is 0 Å². The Kier molecular flexibility index (Phi) is 4.97. The van der Waals surface area contributed by atoms with Crippen molar-refractivity contribution in [3.8, 4) is 22.4 Å². The molecule has 0 atom stereocenters. The molecule has 3 aliphatic heterocycles. The van der Waals surface area contributed by atoms with Crippen molar-refractivity contribution in [1.82, 2.24) is 4.98 Å². The summed E-state index contributed by atoms with van der Waals surface area (Å²) >= 11 is 0. The lowest BCUT2D eigenvalue weighted by atomic mass is 9.33. The molecule has 0 bridgehead atoms. The van der Waals surface area contributed by atoms with Gasteiger partial charge < -0.3 is 10.2 Å². The Bertz CT molecular complexity index is 2110. The van der Waals surface area contributed by atoms with Crippen LogP contribution in [0.1, 0.15) is 30.5 Å². The SMILES string of the molecule is Cc1ccccc1-c1cccc2c1Nc1cc(-c3ccccn3)cc3c1B2c1cccc2c1N3c1ccccc1C2(C)C. The molecule has 0 saturated carbocycles. The molecule has 4 heterocycles. The number of para-hydroxylation sites is 3. The molecule has 0 radical (unpaired) electrons. The third kappa shape index (κ3) is 3.29. The van der Waals surface area contributed by atoms with E-state index in [-0.39, 0.29) is 12.1 Å². The molecule has 6 aromatic rings. The molecule has 204 valence electrons. The van der Waals surface area contributed by atoms with Gasteiger partial charge in [0.2, 0.25) is 0 Å². The first-order valence-corrected chi connectivity index (χ1v) is 15.1. The van der Waals surface area contributed by atoms with Gasteiger partial charge in [-0.25, -0.2) is 0 Å². The topological polar surface area (TPSA) is 28.2 Å². The van der Waals surface area contributed by atoms with Gasteiger partial charge in [-0.15, -0.1) is 0 Å². The lowest BCUT2D eigenvalue weighted by Gasteiger charge is -2.48. The van der Waals surface area contributed by atoms with Crippen molar-refractivity contribution < 1.29 is 0 Å². The fourth-order valence-electron chi connectivity index (χ4n) is 7.84. The van der Waals surface area contributed by atoms with Gasteiger partial charge in [0.25, 0.3) is 6.71 Å². The predicted octanol–water partition coefficient (Wildman–Crippen LogP) is 7.72. The normalized spacial score (nSPS) is 14.7. The van der Waals surface area contributed by atoms with E-state index in [0.29, 0.717) is 0 Å². The maximum Gasteiger partial charge on any atom is 0.252 e. The number of nitrogens with zero attached hydrogens (tertiary/aromatic N) is 2. The summed E-state index contributed by atoms with van der Waals surface area (Å²) in [5, 5.41) is 3.98. The number of hydrogen-bond donors (Lipinski definition) is 1. The lowest BCUT2D eigenvalue weighted by Crippen LogP contribution is -2.61. The second kappa shape index (κ2) is 8.72. The van der Waals surface area contributed by atoms with Crippen LogP contribution < -0.4 is 26.6 Å². The number of rotatable bonds is 2. The second-order valence-electron chi connectivity index (χ2n) is 12.5. The summed E-state index contributed by atoms with van der Waals surface area (Å²) in [6.07, 6.45) is 1.88. The summed E-state index contributed by atoms with van der Waals surface area (Å²) in [6, 6.07) is 42.2. The summed E-state index contributed by atoms with van der Waals surface area (Å²) in [5.74, 6) is 0. The van der Waals surface area contributed by atoms with E-state index in [1.165, 1.54) is 67.0 Å². The van der Waals surface area contributed by atoms with E-state index in [9.17, 15) is 0 Å². The van der Waals surface area contributed by atoms with Gasteiger partial charge in [0, 0.05) is 45.5 Å². The van der Waals surface area contributed by atoms with E-state index in [1.54, 1.807) is 0 Å². The van der Waals surface area contributed by atoms with Crippen molar-refractivity contribution in [2.45, 2.75) is 26.2 Å². The first-order valence-electron chi connectivity index (χ1n) is 15.1. The van der Waals surface area contributed by atoms with Crippen LogP contribution in [0.25, 0.3) is 22.4 Å². The summed E-state index contributed by atoms with van der Waals surface area (Å²) in [4.78, 5) is 7.31. The molecule has 9 rings (SSSR count). The highest BCUT2D eigenvalue weighted by molar-refractivity contribution is 7.00. The molecule has 3 nitrogen and oxygen atoms in total. The van der Waals surface area contributed by atoms with E-state index in [1.807, 2.05) is 12.3 Å². The standard InChI is InChI=1S/C39H30BN3/c1-24-12-4-5-13-26(24)27-14-10-17-30-37(27)42-33-22-25(32-19-8-9-21-41-32)23-35-36(33)40(30)31-18-11-16-29-38(31)43(35)34-20-7-6-15-28(34)39(29,2)3/h4-23,42H,1-3H3. The summed E-state index contributed by atoms with van der Waals surface area (Å²) in [7, 11) is 0. The van der Waals surface area contributed by atoms with Crippen LogP contribution in [0.2, 0.25) is 0 Å². The molecule has 1 N–H and O–H groups in total. The van der Waals surface area contributed by atoms with E-state index in [0.717, 1.165) is 16.9 Å². The minimum atomic E-state index is -0.129. The van der Waals surface area contributed by atoms with Crippen LogP contribution >= 0.6 is 0 Å². The number of anilines is 5. The first kappa shape index (κ1) is 24.5. The Labute approximate surface area is 253 Å². The monoisotopic (exact) mass is 551 g/mol. The largest absolute Gasteiger partial charge is 0.356 e. The van der Waals surface area contributed by atoms with E-state index < -0.39 is 0 Å². The highest BCUT2D eigenvalue weighted by Crippen LogP contribution is 2.53. The van der Waals surface area contributed by atoms with E-state index in [4.69, 9.17) is 4.98 Å². The van der Waals surface area contributed by atoms with Gasteiger partial charge in [0.15, 0.2) is 0 Å². The molecule has 0 unspecified atom stereocenters. The van der Waals surface area contributed by atoms with Gasteiger partial charge in [-0.1, -0.05) is 98.8 Å². The van der Waals surface area contributed by atoms with Crippen molar-refractivity contribution in [2.75, 3.05) is 10.2 Å². The molecule has 0 amide bonds. The molecule has 5 aromatic carbocycles. The number of benzene rings is 5. The molecule has 0 fully saturated rings. The average Bonchev–Trinajstić information content (AvgIpc) is 3.04. The number of fused-ring (bicyclic) bond motifs is 6. The zero-order chi connectivity index (χ0) is 28.9. The maximum atomic E-state index is 4.78. The highest BCUT2D eigenvalue weighted by Gasteiger charge is 2.47. The quantitative estimate of drug-likeness (QED) is 0.223. The molecule has 3 aliphatic rings. The molecule has 1 aromatic heterocycles. The molecular weight excluding hydrogens is 521 g/mol. The maximum absolute atomic E-state index is 4.78. The summed E-state index contributed by atoms with van der Waals surface area (Å²) in [6.45, 7) is 7.05. The number of aromatic nitrogens is 1. The molecule has 0 saturated heterocycles.